The summed E-state index contributed by atoms with van der Waals surface area (Å²) in [5.74, 6) is -0.986. The normalized spacial score (nSPS) is 12.1. The van der Waals surface area contributed by atoms with Crippen LogP contribution in [0.15, 0.2) is 42.7 Å². The maximum absolute atomic E-state index is 13.9. The van der Waals surface area contributed by atoms with Gasteiger partial charge in [-0.1, -0.05) is 12.1 Å². The van der Waals surface area contributed by atoms with Gasteiger partial charge in [0.2, 0.25) is 5.91 Å². The number of rotatable bonds is 8. The molecule has 1 atom stereocenters. The van der Waals surface area contributed by atoms with Crippen LogP contribution in [-0.4, -0.2) is 46.8 Å². The van der Waals surface area contributed by atoms with Gasteiger partial charge in [-0.3, -0.25) is 14.4 Å². The number of ether oxygens (including phenoxy) is 1. The average Bonchev–Trinajstić information content (AvgIpc) is 3.27. The summed E-state index contributed by atoms with van der Waals surface area (Å²) in [6.45, 7) is 3.89. The molecule has 164 valence electrons. The molecule has 0 saturated carbocycles. The number of thiophene rings is 1. The fraction of sp³-hybridized carbons (Fsp3) is 0.318. The number of carbonyl (C=O) groups is 2. The second kappa shape index (κ2) is 9.84. The molecule has 0 saturated heterocycles. The van der Waals surface area contributed by atoms with Crippen molar-refractivity contribution in [2.75, 3.05) is 25.5 Å². The number of aryl methyl sites for hydroxylation is 2. The zero-order chi connectivity index (χ0) is 22.5. The van der Waals surface area contributed by atoms with Crippen LogP contribution in [0, 0.1) is 12.7 Å². The Bertz CT molecular complexity index is 1080. The van der Waals surface area contributed by atoms with E-state index in [9.17, 15) is 14.0 Å². The Labute approximate surface area is 184 Å². The van der Waals surface area contributed by atoms with Crippen molar-refractivity contribution in [3.63, 3.8) is 0 Å². The first-order chi connectivity index (χ1) is 14.8. The summed E-state index contributed by atoms with van der Waals surface area (Å²) in [4.78, 5) is 27.0. The highest BCUT2D eigenvalue weighted by atomic mass is 32.1. The van der Waals surface area contributed by atoms with Crippen LogP contribution in [0.1, 0.15) is 39.3 Å². The summed E-state index contributed by atoms with van der Waals surface area (Å²) in [7, 11) is 3.60. The van der Waals surface area contributed by atoms with Crippen LogP contribution >= 0.6 is 11.3 Å². The number of aromatic nitrogens is 2. The van der Waals surface area contributed by atoms with Gasteiger partial charge in [-0.15, -0.1) is 11.3 Å². The zero-order valence-corrected chi connectivity index (χ0v) is 18.7. The minimum absolute atomic E-state index is 0.0573. The minimum Gasteiger partial charge on any atom is -0.462 e. The number of hydrogen-bond donors (Lipinski definition) is 1. The molecule has 2 aromatic heterocycles. The molecule has 9 heteroatoms. The lowest BCUT2D eigenvalue weighted by atomic mass is 10.00. The van der Waals surface area contributed by atoms with Crippen molar-refractivity contribution in [1.82, 2.24) is 14.7 Å². The van der Waals surface area contributed by atoms with Gasteiger partial charge in [0.25, 0.3) is 0 Å². The van der Waals surface area contributed by atoms with Gasteiger partial charge in [0, 0.05) is 18.8 Å². The van der Waals surface area contributed by atoms with E-state index in [0.29, 0.717) is 16.5 Å². The number of halogens is 1. The van der Waals surface area contributed by atoms with Crippen molar-refractivity contribution in [2.24, 2.45) is 7.05 Å². The Balaban J connectivity index is 1.76. The van der Waals surface area contributed by atoms with E-state index in [-0.39, 0.29) is 24.3 Å². The smallest absolute Gasteiger partial charge is 0.348 e. The standard InChI is InChI=1S/C22H25FN4O3S/c1-5-30-22(29)21-14(2)9-19(31-21)25-18(28)13-26(3)20(16-11-24-27(4)12-16)15-7-6-8-17(23)10-15/h6-12,20H,5,13H2,1-4H3,(H,25,28). The number of carbonyl (C=O) groups excluding carboxylic acids is 2. The van der Waals surface area contributed by atoms with Gasteiger partial charge in [0.1, 0.15) is 10.7 Å². The molecule has 1 amide bonds. The van der Waals surface area contributed by atoms with Crippen LogP contribution in [0.5, 0.6) is 0 Å². The third kappa shape index (κ3) is 5.56. The summed E-state index contributed by atoms with van der Waals surface area (Å²) in [5.41, 5.74) is 2.32. The van der Waals surface area contributed by atoms with E-state index < -0.39 is 5.97 Å². The third-order valence-corrected chi connectivity index (χ3v) is 5.81. The fourth-order valence-electron chi connectivity index (χ4n) is 3.40. The highest BCUT2D eigenvalue weighted by Crippen LogP contribution is 2.29. The highest BCUT2D eigenvalue weighted by molar-refractivity contribution is 7.18. The molecule has 7 nitrogen and oxygen atoms in total. The molecule has 1 aromatic carbocycles. The summed E-state index contributed by atoms with van der Waals surface area (Å²) < 4.78 is 20.6. The molecular weight excluding hydrogens is 419 g/mol. The predicted molar refractivity (Wildman–Crippen MR) is 118 cm³/mol. The number of nitrogens with one attached hydrogen (secondary N) is 1. The number of amides is 1. The first-order valence-electron chi connectivity index (χ1n) is 9.80. The third-order valence-electron chi connectivity index (χ3n) is 4.68. The summed E-state index contributed by atoms with van der Waals surface area (Å²) in [6.07, 6.45) is 3.55. The van der Waals surface area contributed by atoms with Crippen molar-refractivity contribution < 1.29 is 18.7 Å². The minimum atomic E-state index is -0.398. The number of likely N-dealkylation sites (N-methyl/N-ethyl adjacent to an activating group) is 1. The van der Waals surface area contributed by atoms with Crippen LogP contribution in [0.25, 0.3) is 0 Å². The highest BCUT2D eigenvalue weighted by Gasteiger charge is 2.24. The predicted octanol–water partition coefficient (Wildman–Crippen LogP) is 3.77. The molecule has 3 aromatic rings. The Kier molecular flexibility index (Phi) is 7.19. The lowest BCUT2D eigenvalue weighted by molar-refractivity contribution is -0.117. The molecule has 1 unspecified atom stereocenters. The van der Waals surface area contributed by atoms with Gasteiger partial charge in [0.15, 0.2) is 0 Å². The molecule has 0 bridgehead atoms. The average molecular weight is 445 g/mol. The molecule has 0 spiro atoms. The number of esters is 1. The van der Waals surface area contributed by atoms with Gasteiger partial charge in [-0.2, -0.15) is 5.10 Å². The molecule has 1 N–H and O–H groups in total. The topological polar surface area (TPSA) is 76.5 Å². The lowest BCUT2D eigenvalue weighted by Crippen LogP contribution is -2.33. The molecule has 0 aliphatic heterocycles. The van der Waals surface area contributed by atoms with Crippen molar-refractivity contribution >= 4 is 28.2 Å². The van der Waals surface area contributed by atoms with Gasteiger partial charge < -0.3 is 10.1 Å². The monoisotopic (exact) mass is 444 g/mol. The SMILES string of the molecule is CCOC(=O)c1sc(NC(=O)CN(C)C(c2cccc(F)c2)c2cnn(C)c2)cc1C. The van der Waals surface area contributed by atoms with Gasteiger partial charge in [-0.05, 0) is 50.2 Å². The molecule has 0 aliphatic carbocycles. The largest absolute Gasteiger partial charge is 0.462 e. The van der Waals surface area contributed by atoms with Crippen LogP contribution < -0.4 is 5.32 Å². The summed E-state index contributed by atoms with van der Waals surface area (Å²) in [6, 6.07) is 7.71. The van der Waals surface area contributed by atoms with Crippen LogP contribution in [0.4, 0.5) is 9.39 Å². The number of anilines is 1. The Morgan fingerprint density at radius 2 is 2.10 bits per heavy atom. The molecule has 2 heterocycles. The van der Waals surface area contributed by atoms with Crippen molar-refractivity contribution in [1.29, 1.82) is 0 Å². The molecule has 0 aliphatic rings. The molecule has 0 radical (unpaired) electrons. The van der Waals surface area contributed by atoms with E-state index in [1.165, 1.54) is 23.5 Å². The quantitative estimate of drug-likeness (QED) is 0.536. The Morgan fingerprint density at radius 1 is 1.32 bits per heavy atom. The maximum Gasteiger partial charge on any atom is 0.348 e. The zero-order valence-electron chi connectivity index (χ0n) is 17.9. The van der Waals surface area contributed by atoms with Crippen LogP contribution in [-0.2, 0) is 16.6 Å². The van der Waals surface area contributed by atoms with Crippen molar-refractivity contribution in [3.8, 4) is 0 Å². The van der Waals surface area contributed by atoms with Gasteiger partial charge in [0.05, 0.1) is 30.4 Å². The number of benzene rings is 1. The number of nitrogens with zero attached hydrogens (tertiary/aromatic N) is 3. The number of hydrogen-bond acceptors (Lipinski definition) is 6. The Morgan fingerprint density at radius 3 is 2.74 bits per heavy atom. The first kappa shape index (κ1) is 22.6. The van der Waals surface area contributed by atoms with Gasteiger partial charge >= 0.3 is 5.97 Å². The Hall–Kier alpha value is -3.04. The van der Waals surface area contributed by atoms with E-state index in [0.717, 1.165) is 16.7 Å². The van der Waals surface area contributed by atoms with Crippen LogP contribution in [0.3, 0.4) is 0 Å². The molecule has 31 heavy (non-hydrogen) atoms. The van der Waals surface area contributed by atoms with E-state index >= 15 is 0 Å². The van der Waals surface area contributed by atoms with Gasteiger partial charge in [-0.25, -0.2) is 9.18 Å². The van der Waals surface area contributed by atoms with E-state index in [2.05, 4.69) is 10.4 Å². The lowest BCUT2D eigenvalue weighted by Gasteiger charge is -2.27. The van der Waals surface area contributed by atoms with Crippen molar-refractivity contribution in [3.05, 3.63) is 70.1 Å². The van der Waals surface area contributed by atoms with Crippen LogP contribution in [0.2, 0.25) is 0 Å². The van der Waals surface area contributed by atoms with Crippen molar-refractivity contribution in [2.45, 2.75) is 19.9 Å². The summed E-state index contributed by atoms with van der Waals surface area (Å²) >= 11 is 1.18. The molecule has 3 rings (SSSR count). The second-order valence-electron chi connectivity index (χ2n) is 7.21. The molecule has 0 fully saturated rings. The second-order valence-corrected chi connectivity index (χ2v) is 8.26. The fourth-order valence-corrected chi connectivity index (χ4v) is 4.38. The maximum atomic E-state index is 13.9. The first-order valence-corrected chi connectivity index (χ1v) is 10.6. The summed E-state index contributed by atoms with van der Waals surface area (Å²) in [5, 5.41) is 7.62. The molecular formula is C22H25FN4O3S. The van der Waals surface area contributed by atoms with E-state index in [1.54, 1.807) is 51.0 Å². The van der Waals surface area contributed by atoms with E-state index in [1.807, 2.05) is 17.2 Å². The van der Waals surface area contributed by atoms with E-state index in [4.69, 9.17) is 4.74 Å².